The van der Waals surface area contributed by atoms with E-state index >= 15 is 0 Å². The second-order valence-electron chi connectivity index (χ2n) is 7.90. The number of urea groups is 1. The Kier molecular flexibility index (Phi) is 4.96. The zero-order chi connectivity index (χ0) is 20.5. The summed E-state index contributed by atoms with van der Waals surface area (Å²) in [5.74, 6) is 0.501. The van der Waals surface area contributed by atoms with Crippen LogP contribution in [-0.4, -0.2) is 34.9 Å². The Morgan fingerprint density at radius 2 is 1.97 bits per heavy atom. The predicted octanol–water partition coefficient (Wildman–Crippen LogP) is 3.38. The van der Waals surface area contributed by atoms with Crippen LogP contribution in [0.4, 0.5) is 15.0 Å². The van der Waals surface area contributed by atoms with Crippen molar-refractivity contribution >= 4 is 11.8 Å². The van der Waals surface area contributed by atoms with Crippen LogP contribution in [0.15, 0.2) is 54.6 Å². The van der Waals surface area contributed by atoms with Gasteiger partial charge in [0, 0.05) is 24.6 Å². The van der Waals surface area contributed by atoms with E-state index in [2.05, 4.69) is 16.0 Å². The van der Waals surface area contributed by atoms with Crippen LogP contribution in [0.5, 0.6) is 0 Å². The van der Waals surface area contributed by atoms with Gasteiger partial charge >= 0.3 is 6.03 Å². The zero-order valence-electron chi connectivity index (χ0n) is 16.6. The maximum Gasteiger partial charge on any atom is 0.320 e. The van der Waals surface area contributed by atoms with Crippen LogP contribution in [0, 0.1) is 5.82 Å². The normalized spacial score (nSPS) is 20.2. The maximum atomic E-state index is 13.7. The van der Waals surface area contributed by atoms with Crippen LogP contribution in [-0.2, 0) is 12.8 Å². The van der Waals surface area contributed by atoms with Gasteiger partial charge in [0.1, 0.15) is 11.6 Å². The highest BCUT2D eigenvalue weighted by Crippen LogP contribution is 2.31. The van der Waals surface area contributed by atoms with E-state index < -0.39 is 0 Å². The molecule has 7 heteroatoms. The molecule has 0 spiro atoms. The Morgan fingerprint density at radius 1 is 1.10 bits per heavy atom. The standard InChI is InChI=1S/C23H24FN5O/c24-16-7-4-6-15(12-16)19-13-25-14-21(19)26-23(30)27-22-18-10-5-11-20(18)28-29(22)17-8-2-1-3-9-17/h1-4,6-9,12,19,21,25H,5,10-11,13-14H2,(H2,26,27,30). The number of hydrogen-bond donors (Lipinski definition) is 3. The fraction of sp³-hybridized carbons (Fsp3) is 0.304. The van der Waals surface area contributed by atoms with Crippen molar-refractivity contribution in [3.63, 3.8) is 0 Å². The van der Waals surface area contributed by atoms with Gasteiger partial charge < -0.3 is 10.6 Å². The van der Waals surface area contributed by atoms with E-state index in [1.54, 1.807) is 12.1 Å². The van der Waals surface area contributed by atoms with Gasteiger partial charge in [-0.1, -0.05) is 30.3 Å². The average Bonchev–Trinajstić information content (AvgIpc) is 3.46. The van der Waals surface area contributed by atoms with Gasteiger partial charge in [-0.25, -0.2) is 13.9 Å². The topological polar surface area (TPSA) is 71.0 Å². The summed E-state index contributed by atoms with van der Waals surface area (Å²) < 4.78 is 15.5. The number of hydrogen-bond acceptors (Lipinski definition) is 3. The lowest BCUT2D eigenvalue weighted by atomic mass is 9.94. The van der Waals surface area contributed by atoms with E-state index in [0.717, 1.165) is 47.6 Å². The number of anilines is 1. The molecule has 154 valence electrons. The second kappa shape index (κ2) is 7.91. The van der Waals surface area contributed by atoms with Crippen molar-refractivity contribution in [1.82, 2.24) is 20.4 Å². The smallest absolute Gasteiger partial charge is 0.320 e. The molecule has 1 aliphatic carbocycles. The summed E-state index contributed by atoms with van der Waals surface area (Å²) in [7, 11) is 0. The molecule has 1 fully saturated rings. The molecule has 3 aromatic rings. The van der Waals surface area contributed by atoms with Gasteiger partial charge in [-0.2, -0.15) is 5.10 Å². The number of aromatic nitrogens is 2. The third-order valence-electron chi connectivity index (χ3n) is 5.95. The first-order chi connectivity index (χ1) is 14.7. The van der Waals surface area contributed by atoms with Crippen LogP contribution in [0.1, 0.15) is 29.2 Å². The molecule has 1 aromatic heterocycles. The van der Waals surface area contributed by atoms with E-state index in [1.165, 1.54) is 6.07 Å². The van der Waals surface area contributed by atoms with Gasteiger partial charge in [-0.05, 0) is 49.1 Å². The van der Waals surface area contributed by atoms with E-state index in [0.29, 0.717) is 13.1 Å². The number of benzene rings is 2. The van der Waals surface area contributed by atoms with Crippen molar-refractivity contribution in [2.75, 3.05) is 18.4 Å². The SMILES string of the molecule is O=C(Nc1c2c(nn1-c1ccccc1)CCC2)NC1CNCC1c1cccc(F)c1. The molecule has 2 amide bonds. The monoisotopic (exact) mass is 405 g/mol. The first-order valence-electron chi connectivity index (χ1n) is 10.4. The van der Waals surface area contributed by atoms with E-state index in [-0.39, 0.29) is 23.8 Å². The molecule has 2 unspecified atom stereocenters. The van der Waals surface area contributed by atoms with Crippen LogP contribution < -0.4 is 16.0 Å². The number of amides is 2. The molecule has 1 saturated heterocycles. The van der Waals surface area contributed by atoms with Gasteiger partial charge in [-0.15, -0.1) is 0 Å². The molecule has 0 bridgehead atoms. The lowest BCUT2D eigenvalue weighted by Crippen LogP contribution is -2.42. The molecule has 3 N–H and O–H groups in total. The minimum absolute atomic E-state index is 0.0243. The van der Waals surface area contributed by atoms with Crippen molar-refractivity contribution < 1.29 is 9.18 Å². The number of carbonyl (C=O) groups is 1. The summed E-state index contributed by atoms with van der Waals surface area (Å²) in [4.78, 5) is 12.9. The summed E-state index contributed by atoms with van der Waals surface area (Å²) >= 11 is 0. The summed E-state index contributed by atoms with van der Waals surface area (Å²) in [6.07, 6.45) is 2.89. The molecule has 6 nitrogen and oxygen atoms in total. The minimum Gasteiger partial charge on any atom is -0.333 e. The maximum absolute atomic E-state index is 13.7. The molecule has 1 aliphatic heterocycles. The molecular formula is C23H24FN5O. The minimum atomic E-state index is -0.267. The molecule has 30 heavy (non-hydrogen) atoms. The number of nitrogens with zero attached hydrogens (tertiary/aromatic N) is 2. The highest BCUT2D eigenvalue weighted by atomic mass is 19.1. The first kappa shape index (κ1) is 18.8. The predicted molar refractivity (Wildman–Crippen MR) is 114 cm³/mol. The molecule has 2 heterocycles. The quantitative estimate of drug-likeness (QED) is 0.623. The number of rotatable bonds is 4. The highest BCUT2D eigenvalue weighted by Gasteiger charge is 2.31. The number of fused-ring (bicyclic) bond motifs is 1. The molecular weight excluding hydrogens is 381 g/mol. The fourth-order valence-corrected chi connectivity index (χ4v) is 4.51. The summed E-state index contributed by atoms with van der Waals surface area (Å²) in [5, 5.41) is 14.2. The molecule has 5 rings (SSSR count). The van der Waals surface area contributed by atoms with Crippen molar-refractivity contribution in [3.05, 3.63) is 77.2 Å². The second-order valence-corrected chi connectivity index (χ2v) is 7.90. The molecule has 2 aromatic carbocycles. The van der Waals surface area contributed by atoms with E-state index in [9.17, 15) is 9.18 Å². The van der Waals surface area contributed by atoms with E-state index in [1.807, 2.05) is 41.1 Å². The highest BCUT2D eigenvalue weighted by molar-refractivity contribution is 5.90. The number of carbonyl (C=O) groups excluding carboxylic acids is 1. The molecule has 0 saturated carbocycles. The largest absolute Gasteiger partial charge is 0.333 e. The van der Waals surface area contributed by atoms with E-state index in [4.69, 9.17) is 5.10 Å². The van der Waals surface area contributed by atoms with Crippen LogP contribution in [0.25, 0.3) is 5.69 Å². The first-order valence-corrected chi connectivity index (χ1v) is 10.4. The molecule has 0 radical (unpaired) electrons. The van der Waals surface area contributed by atoms with Gasteiger partial charge in [0.25, 0.3) is 0 Å². The summed E-state index contributed by atoms with van der Waals surface area (Å²) in [5.41, 5.74) is 3.97. The van der Waals surface area contributed by atoms with Gasteiger partial charge in [0.05, 0.1) is 17.4 Å². The van der Waals surface area contributed by atoms with Crippen molar-refractivity contribution in [2.24, 2.45) is 0 Å². The number of para-hydroxylation sites is 1. The summed E-state index contributed by atoms with van der Waals surface area (Å²) in [6, 6.07) is 16.0. The van der Waals surface area contributed by atoms with Crippen molar-refractivity contribution in [2.45, 2.75) is 31.2 Å². The van der Waals surface area contributed by atoms with Crippen molar-refractivity contribution in [1.29, 1.82) is 0 Å². The fourth-order valence-electron chi connectivity index (χ4n) is 4.51. The van der Waals surface area contributed by atoms with Gasteiger partial charge in [0.15, 0.2) is 0 Å². The van der Waals surface area contributed by atoms with Crippen molar-refractivity contribution in [3.8, 4) is 5.69 Å². The third kappa shape index (κ3) is 3.57. The Bertz CT molecular complexity index is 1060. The van der Waals surface area contributed by atoms with Crippen LogP contribution in [0.2, 0.25) is 0 Å². The Labute approximate surface area is 174 Å². The third-order valence-corrected chi connectivity index (χ3v) is 5.95. The Balaban J connectivity index is 1.36. The van der Waals surface area contributed by atoms with Gasteiger partial charge in [-0.3, -0.25) is 5.32 Å². The zero-order valence-corrected chi connectivity index (χ0v) is 16.6. The number of nitrogens with one attached hydrogen (secondary N) is 3. The molecule has 2 aliphatic rings. The Morgan fingerprint density at radius 3 is 2.80 bits per heavy atom. The Hall–Kier alpha value is -3.19. The number of halogens is 1. The lowest BCUT2D eigenvalue weighted by Gasteiger charge is -2.21. The van der Waals surface area contributed by atoms with Gasteiger partial charge in [0.2, 0.25) is 0 Å². The summed E-state index contributed by atoms with van der Waals surface area (Å²) in [6.45, 7) is 1.34. The average molecular weight is 405 g/mol. The van der Waals surface area contributed by atoms with Crippen LogP contribution in [0.3, 0.4) is 0 Å². The van der Waals surface area contributed by atoms with Crippen LogP contribution >= 0.6 is 0 Å². The lowest BCUT2D eigenvalue weighted by molar-refractivity contribution is 0.248. The number of aryl methyl sites for hydroxylation is 1. The molecule has 2 atom stereocenters.